The zero-order valence-corrected chi connectivity index (χ0v) is 11.5. The molecule has 0 radical (unpaired) electrons. The van der Waals surface area contributed by atoms with Crippen LogP contribution >= 0.6 is 11.3 Å². The van der Waals surface area contributed by atoms with Gasteiger partial charge in [-0.15, -0.1) is 11.3 Å². The molecule has 1 N–H and O–H groups in total. The van der Waals surface area contributed by atoms with Crippen LogP contribution in [0.5, 0.6) is 0 Å². The molecule has 1 amide bonds. The minimum atomic E-state index is -0.912. The molecule has 1 aromatic rings. The van der Waals surface area contributed by atoms with Gasteiger partial charge in [0, 0.05) is 13.1 Å². The summed E-state index contributed by atoms with van der Waals surface area (Å²) in [7, 11) is 0. The van der Waals surface area contributed by atoms with Crippen LogP contribution in [0.15, 0.2) is 6.20 Å². The summed E-state index contributed by atoms with van der Waals surface area (Å²) in [6.45, 7) is 3.19. The van der Waals surface area contributed by atoms with Gasteiger partial charge < -0.3 is 14.7 Å². The summed E-state index contributed by atoms with van der Waals surface area (Å²) in [4.78, 5) is 29.3. The molecule has 1 saturated heterocycles. The average molecular weight is 284 g/mol. The van der Waals surface area contributed by atoms with Crippen LogP contribution in [0.3, 0.4) is 0 Å². The SMILES string of the molecule is CCc1ncc(C(=O)N2CCOC(CC(=O)O)C2)s1. The number of carbonyl (C=O) groups excluding carboxylic acids is 1. The predicted octanol–water partition coefficient (Wildman–Crippen LogP) is 1.02. The second-order valence-corrected chi connectivity index (χ2v) is 5.43. The molecule has 1 aliphatic heterocycles. The van der Waals surface area contributed by atoms with Gasteiger partial charge in [-0.05, 0) is 6.42 Å². The maximum atomic E-state index is 12.3. The summed E-state index contributed by atoms with van der Waals surface area (Å²) in [6, 6.07) is 0. The first kappa shape index (κ1) is 14.0. The fourth-order valence-corrected chi connectivity index (χ4v) is 2.78. The van der Waals surface area contributed by atoms with E-state index < -0.39 is 12.1 Å². The zero-order valence-electron chi connectivity index (χ0n) is 10.7. The Labute approximate surface area is 115 Å². The van der Waals surface area contributed by atoms with E-state index in [9.17, 15) is 9.59 Å². The third-order valence-electron chi connectivity index (χ3n) is 2.90. The maximum absolute atomic E-state index is 12.3. The number of morpholine rings is 1. The highest BCUT2D eigenvalue weighted by Crippen LogP contribution is 2.18. The summed E-state index contributed by atoms with van der Waals surface area (Å²) in [6.07, 6.45) is 1.90. The largest absolute Gasteiger partial charge is 0.481 e. The van der Waals surface area contributed by atoms with Gasteiger partial charge in [0.2, 0.25) is 0 Å². The molecule has 104 valence electrons. The van der Waals surface area contributed by atoms with E-state index in [-0.39, 0.29) is 12.3 Å². The first-order valence-electron chi connectivity index (χ1n) is 6.17. The van der Waals surface area contributed by atoms with E-state index in [0.29, 0.717) is 24.6 Å². The van der Waals surface area contributed by atoms with Crippen molar-refractivity contribution in [2.75, 3.05) is 19.7 Å². The quantitative estimate of drug-likeness (QED) is 0.893. The van der Waals surface area contributed by atoms with Crippen LogP contribution in [0.4, 0.5) is 0 Å². The van der Waals surface area contributed by atoms with Crippen molar-refractivity contribution in [3.8, 4) is 0 Å². The minimum absolute atomic E-state index is 0.0767. The number of amides is 1. The normalized spacial score (nSPS) is 19.4. The lowest BCUT2D eigenvalue weighted by Crippen LogP contribution is -2.46. The lowest BCUT2D eigenvalue weighted by Gasteiger charge is -2.31. The van der Waals surface area contributed by atoms with Crippen molar-refractivity contribution >= 4 is 23.2 Å². The van der Waals surface area contributed by atoms with Gasteiger partial charge in [-0.3, -0.25) is 9.59 Å². The maximum Gasteiger partial charge on any atom is 0.306 e. The average Bonchev–Trinajstić information content (AvgIpc) is 2.86. The van der Waals surface area contributed by atoms with Crippen LogP contribution in [0, 0.1) is 0 Å². The molecular formula is C12H16N2O4S. The molecule has 2 rings (SSSR count). The summed E-state index contributed by atoms with van der Waals surface area (Å²) in [5.74, 6) is -0.999. The van der Waals surface area contributed by atoms with Gasteiger partial charge in [0.25, 0.3) is 5.91 Å². The number of hydrogen-bond donors (Lipinski definition) is 1. The molecule has 0 saturated carbocycles. The second kappa shape index (κ2) is 6.12. The number of carboxylic acids is 1. The van der Waals surface area contributed by atoms with Crippen molar-refractivity contribution in [3.05, 3.63) is 16.1 Å². The lowest BCUT2D eigenvalue weighted by atomic mass is 10.2. The Kier molecular flexibility index (Phi) is 4.49. The number of carboxylic acid groups (broad SMARTS) is 1. The Morgan fingerprint density at radius 2 is 2.42 bits per heavy atom. The highest BCUT2D eigenvalue weighted by Gasteiger charge is 2.27. The zero-order chi connectivity index (χ0) is 13.8. The number of ether oxygens (including phenoxy) is 1. The molecule has 7 heteroatoms. The minimum Gasteiger partial charge on any atom is -0.481 e. The summed E-state index contributed by atoms with van der Waals surface area (Å²) >= 11 is 1.39. The second-order valence-electron chi connectivity index (χ2n) is 4.31. The standard InChI is InChI=1S/C12H16N2O4S/c1-2-10-13-6-9(19-10)12(17)14-3-4-18-8(7-14)5-11(15)16/h6,8H,2-5,7H2,1H3,(H,15,16). The van der Waals surface area contributed by atoms with Gasteiger partial charge in [0.05, 0.1) is 30.3 Å². The Balaban J connectivity index is 2.00. The first-order chi connectivity index (χ1) is 9.10. The summed E-state index contributed by atoms with van der Waals surface area (Å²) in [5, 5.41) is 9.68. The monoisotopic (exact) mass is 284 g/mol. The first-order valence-corrected chi connectivity index (χ1v) is 6.99. The Hall–Kier alpha value is -1.47. The van der Waals surface area contributed by atoms with Crippen LogP contribution < -0.4 is 0 Å². The van der Waals surface area contributed by atoms with Crippen molar-refractivity contribution in [1.29, 1.82) is 0 Å². The number of aromatic nitrogens is 1. The highest BCUT2D eigenvalue weighted by atomic mass is 32.1. The molecule has 0 aliphatic carbocycles. The van der Waals surface area contributed by atoms with Gasteiger partial charge in [0.1, 0.15) is 4.88 Å². The van der Waals surface area contributed by atoms with Crippen molar-refractivity contribution in [3.63, 3.8) is 0 Å². The number of aliphatic carboxylic acids is 1. The van der Waals surface area contributed by atoms with Crippen LogP contribution in [0.1, 0.15) is 28.0 Å². The van der Waals surface area contributed by atoms with Crippen molar-refractivity contribution < 1.29 is 19.4 Å². The van der Waals surface area contributed by atoms with E-state index in [0.717, 1.165) is 11.4 Å². The summed E-state index contributed by atoms with van der Waals surface area (Å²) < 4.78 is 5.34. The molecule has 6 nitrogen and oxygen atoms in total. The molecule has 0 bridgehead atoms. The van der Waals surface area contributed by atoms with E-state index >= 15 is 0 Å². The molecule has 0 aromatic carbocycles. The molecule has 0 spiro atoms. The third-order valence-corrected chi connectivity index (χ3v) is 4.02. The van der Waals surface area contributed by atoms with Crippen molar-refractivity contribution in [2.45, 2.75) is 25.9 Å². The van der Waals surface area contributed by atoms with Gasteiger partial charge in [-0.1, -0.05) is 6.92 Å². The van der Waals surface area contributed by atoms with E-state index in [4.69, 9.17) is 9.84 Å². The topological polar surface area (TPSA) is 79.7 Å². The Morgan fingerprint density at radius 3 is 3.05 bits per heavy atom. The van der Waals surface area contributed by atoms with Crippen molar-refractivity contribution in [1.82, 2.24) is 9.88 Å². The molecule has 1 atom stereocenters. The van der Waals surface area contributed by atoms with Gasteiger partial charge in [-0.2, -0.15) is 0 Å². The highest BCUT2D eigenvalue weighted by molar-refractivity contribution is 7.13. The number of hydrogen-bond acceptors (Lipinski definition) is 5. The fourth-order valence-electron chi connectivity index (χ4n) is 1.95. The van der Waals surface area contributed by atoms with Gasteiger partial charge >= 0.3 is 5.97 Å². The van der Waals surface area contributed by atoms with E-state index in [2.05, 4.69) is 4.98 Å². The molecule has 1 fully saturated rings. The molecule has 1 aliphatic rings. The van der Waals surface area contributed by atoms with Gasteiger partial charge in [-0.25, -0.2) is 4.98 Å². The fraction of sp³-hybridized carbons (Fsp3) is 0.583. The number of nitrogens with zero attached hydrogens (tertiary/aromatic N) is 2. The molecule has 2 heterocycles. The molecule has 19 heavy (non-hydrogen) atoms. The van der Waals surface area contributed by atoms with Gasteiger partial charge in [0.15, 0.2) is 0 Å². The summed E-state index contributed by atoms with van der Waals surface area (Å²) in [5.41, 5.74) is 0. The molecular weight excluding hydrogens is 268 g/mol. The number of rotatable bonds is 4. The van der Waals surface area contributed by atoms with Crippen LogP contribution in [-0.4, -0.2) is 52.7 Å². The van der Waals surface area contributed by atoms with Crippen LogP contribution in [0.2, 0.25) is 0 Å². The molecule has 1 aromatic heterocycles. The number of thiazole rings is 1. The smallest absolute Gasteiger partial charge is 0.306 e. The lowest BCUT2D eigenvalue weighted by molar-refractivity contribution is -0.141. The molecule has 1 unspecified atom stereocenters. The van der Waals surface area contributed by atoms with Crippen LogP contribution in [0.25, 0.3) is 0 Å². The number of carbonyl (C=O) groups is 2. The Bertz CT molecular complexity index is 474. The van der Waals surface area contributed by atoms with E-state index in [1.807, 2.05) is 6.92 Å². The number of aryl methyl sites for hydroxylation is 1. The predicted molar refractivity (Wildman–Crippen MR) is 69.4 cm³/mol. The van der Waals surface area contributed by atoms with E-state index in [1.165, 1.54) is 11.3 Å². The van der Waals surface area contributed by atoms with E-state index in [1.54, 1.807) is 11.1 Å². The van der Waals surface area contributed by atoms with Crippen molar-refractivity contribution in [2.24, 2.45) is 0 Å². The van der Waals surface area contributed by atoms with Crippen LogP contribution in [-0.2, 0) is 16.0 Å². The third kappa shape index (κ3) is 3.51. The Morgan fingerprint density at radius 1 is 1.63 bits per heavy atom.